The number of benzene rings is 2. The third-order valence-electron chi connectivity index (χ3n) is 5.91. The smallest absolute Gasteiger partial charge is 0.343 e. The maximum atomic E-state index is 12.5. The topological polar surface area (TPSA) is 114 Å². The molecule has 2 heterocycles. The lowest BCUT2D eigenvalue weighted by molar-refractivity contribution is -0.142. The van der Waals surface area contributed by atoms with Gasteiger partial charge in [0.2, 0.25) is 0 Å². The molecule has 41 heavy (non-hydrogen) atoms. The fourth-order valence-electron chi connectivity index (χ4n) is 3.98. The van der Waals surface area contributed by atoms with E-state index >= 15 is 0 Å². The van der Waals surface area contributed by atoms with Crippen LogP contribution in [0.15, 0.2) is 70.2 Å². The molecule has 0 spiro atoms. The molecule has 214 valence electrons. The van der Waals surface area contributed by atoms with Crippen molar-refractivity contribution in [2.45, 2.75) is 27.4 Å². The highest BCUT2D eigenvalue weighted by atomic mass is 127. The van der Waals surface area contributed by atoms with Gasteiger partial charge in [-0.15, -0.1) is 0 Å². The average Bonchev–Trinajstić information content (AvgIpc) is 3.57. The molecular weight excluding hydrogens is 641 g/mol. The number of rotatable bonds is 12. The zero-order valence-corrected chi connectivity index (χ0v) is 25.3. The van der Waals surface area contributed by atoms with Gasteiger partial charge in [0.05, 0.1) is 23.5 Å². The van der Waals surface area contributed by atoms with E-state index in [0.29, 0.717) is 38.7 Å². The minimum Gasteiger partial charge on any atom is -0.490 e. The van der Waals surface area contributed by atoms with Crippen LogP contribution in [0, 0.1) is 17.4 Å². The van der Waals surface area contributed by atoms with Crippen molar-refractivity contribution < 1.29 is 33.0 Å². The van der Waals surface area contributed by atoms with Gasteiger partial charge in [0, 0.05) is 17.1 Å². The number of ether oxygens (including phenoxy) is 4. The van der Waals surface area contributed by atoms with Crippen LogP contribution >= 0.6 is 22.6 Å². The summed E-state index contributed by atoms with van der Waals surface area (Å²) in [5.74, 6) is 1.14. The van der Waals surface area contributed by atoms with E-state index in [9.17, 15) is 9.59 Å². The summed E-state index contributed by atoms with van der Waals surface area (Å²) < 4.78 is 30.2. The first-order chi connectivity index (χ1) is 19.8. The molecule has 0 aliphatic rings. The molecule has 0 saturated heterocycles. The first-order valence-electron chi connectivity index (χ1n) is 12.7. The number of methoxy groups -OCH3 is 1. The van der Waals surface area contributed by atoms with Gasteiger partial charge in [-0.3, -0.25) is 4.79 Å². The number of carbonyl (C=O) groups is 2. The summed E-state index contributed by atoms with van der Waals surface area (Å²) >= 11 is 2.07. The van der Waals surface area contributed by atoms with E-state index in [2.05, 4.69) is 68.4 Å². The molecule has 0 bridgehead atoms. The summed E-state index contributed by atoms with van der Waals surface area (Å²) in [6.45, 7) is 6.28. The van der Waals surface area contributed by atoms with Gasteiger partial charge in [0.15, 0.2) is 23.9 Å². The van der Waals surface area contributed by atoms with Gasteiger partial charge >= 0.3 is 11.9 Å². The first kappa shape index (κ1) is 29.7. The second-order valence-electron chi connectivity index (χ2n) is 8.83. The van der Waals surface area contributed by atoms with Crippen LogP contribution < -0.4 is 19.6 Å². The molecule has 1 N–H and O–H groups in total. The zero-order valence-electron chi connectivity index (χ0n) is 23.1. The SMILES string of the molecule is CCOc1cc(/C=N/NC(=O)c2ccc(COc3ccc(-n4c(C)ccc4C)cc3)o2)cc(I)c1OCC(=O)OC. The number of aromatic nitrogens is 1. The normalized spacial score (nSPS) is 11.0. The van der Waals surface area contributed by atoms with Gasteiger partial charge in [-0.05, 0) is 110 Å². The van der Waals surface area contributed by atoms with Crippen molar-refractivity contribution in [1.29, 1.82) is 0 Å². The fourth-order valence-corrected chi connectivity index (χ4v) is 4.76. The Morgan fingerprint density at radius 3 is 2.41 bits per heavy atom. The molecule has 0 unspecified atom stereocenters. The van der Waals surface area contributed by atoms with Crippen molar-refractivity contribution in [3.05, 3.63) is 92.7 Å². The quantitative estimate of drug-likeness (QED) is 0.0905. The maximum absolute atomic E-state index is 12.5. The van der Waals surface area contributed by atoms with Crippen LogP contribution in [0.2, 0.25) is 0 Å². The van der Waals surface area contributed by atoms with Crippen molar-refractivity contribution in [2.75, 3.05) is 20.3 Å². The highest BCUT2D eigenvalue weighted by Gasteiger charge is 2.15. The molecule has 10 nitrogen and oxygen atoms in total. The van der Waals surface area contributed by atoms with Gasteiger partial charge in [0.1, 0.15) is 18.1 Å². The maximum Gasteiger partial charge on any atom is 0.343 e. The van der Waals surface area contributed by atoms with Crippen LogP contribution in [0.5, 0.6) is 17.2 Å². The van der Waals surface area contributed by atoms with Gasteiger partial charge in [-0.1, -0.05) is 0 Å². The van der Waals surface area contributed by atoms with Crippen LogP contribution in [0.1, 0.15) is 40.2 Å². The summed E-state index contributed by atoms with van der Waals surface area (Å²) in [5, 5.41) is 4.03. The number of furan rings is 1. The van der Waals surface area contributed by atoms with Crippen molar-refractivity contribution in [1.82, 2.24) is 9.99 Å². The molecule has 0 fully saturated rings. The van der Waals surface area contributed by atoms with Crippen molar-refractivity contribution in [3.63, 3.8) is 0 Å². The lowest BCUT2D eigenvalue weighted by Gasteiger charge is -2.13. The number of aryl methyl sites for hydroxylation is 2. The number of hydrogen-bond acceptors (Lipinski definition) is 8. The number of carbonyl (C=O) groups excluding carboxylic acids is 2. The zero-order chi connectivity index (χ0) is 29.4. The predicted molar refractivity (Wildman–Crippen MR) is 161 cm³/mol. The van der Waals surface area contributed by atoms with Crippen molar-refractivity contribution in [3.8, 4) is 22.9 Å². The highest BCUT2D eigenvalue weighted by Crippen LogP contribution is 2.34. The monoisotopic (exact) mass is 671 g/mol. The van der Waals surface area contributed by atoms with E-state index < -0.39 is 11.9 Å². The largest absolute Gasteiger partial charge is 0.490 e. The van der Waals surface area contributed by atoms with E-state index in [1.807, 2.05) is 31.2 Å². The lowest BCUT2D eigenvalue weighted by Crippen LogP contribution is -2.17. The third-order valence-corrected chi connectivity index (χ3v) is 6.71. The summed E-state index contributed by atoms with van der Waals surface area (Å²) in [6.07, 6.45) is 1.47. The second-order valence-corrected chi connectivity index (χ2v) is 9.99. The molecule has 0 radical (unpaired) electrons. The third kappa shape index (κ3) is 7.69. The predicted octanol–water partition coefficient (Wildman–Crippen LogP) is 5.59. The van der Waals surface area contributed by atoms with Gasteiger partial charge in [0.25, 0.3) is 0 Å². The molecule has 0 saturated carbocycles. The van der Waals surface area contributed by atoms with E-state index in [1.165, 1.54) is 13.3 Å². The molecule has 0 aliphatic carbocycles. The van der Waals surface area contributed by atoms with E-state index in [-0.39, 0.29) is 19.0 Å². The van der Waals surface area contributed by atoms with E-state index in [1.54, 1.807) is 24.3 Å². The van der Waals surface area contributed by atoms with Crippen LogP contribution in [0.4, 0.5) is 0 Å². The van der Waals surface area contributed by atoms with Crippen LogP contribution in [0.25, 0.3) is 5.69 Å². The number of hydrogen-bond donors (Lipinski definition) is 1. The number of amides is 1. The molecule has 0 aliphatic heterocycles. The Hall–Kier alpha value is -4.26. The Morgan fingerprint density at radius 2 is 1.73 bits per heavy atom. The first-order valence-corrected chi connectivity index (χ1v) is 13.8. The lowest BCUT2D eigenvalue weighted by atomic mass is 10.2. The fraction of sp³-hybridized carbons (Fsp3) is 0.233. The summed E-state index contributed by atoms with van der Waals surface area (Å²) in [5.41, 5.74) is 6.49. The molecule has 2 aromatic heterocycles. The summed E-state index contributed by atoms with van der Waals surface area (Å²) in [7, 11) is 1.29. The number of nitrogens with one attached hydrogen (secondary N) is 1. The highest BCUT2D eigenvalue weighted by molar-refractivity contribution is 14.1. The Labute approximate surface area is 251 Å². The Morgan fingerprint density at radius 1 is 1.00 bits per heavy atom. The average molecular weight is 671 g/mol. The van der Waals surface area contributed by atoms with E-state index in [4.69, 9.17) is 18.6 Å². The number of esters is 1. The number of nitrogens with zero attached hydrogens (tertiary/aromatic N) is 2. The number of hydrazone groups is 1. The molecule has 2 aromatic carbocycles. The minimum atomic E-state index is -0.507. The van der Waals surface area contributed by atoms with Crippen molar-refractivity contribution >= 4 is 40.7 Å². The van der Waals surface area contributed by atoms with E-state index in [0.717, 1.165) is 17.1 Å². The summed E-state index contributed by atoms with van der Waals surface area (Å²) in [6, 6.07) is 18.7. The molecular formula is C30H30IN3O7. The van der Waals surface area contributed by atoms with Crippen molar-refractivity contribution in [2.24, 2.45) is 5.10 Å². The minimum absolute atomic E-state index is 0.103. The van der Waals surface area contributed by atoms with Gasteiger partial charge in [-0.2, -0.15) is 5.10 Å². The summed E-state index contributed by atoms with van der Waals surface area (Å²) in [4.78, 5) is 24.0. The van der Waals surface area contributed by atoms with Crippen LogP contribution in [-0.4, -0.2) is 43.0 Å². The van der Waals surface area contributed by atoms with Crippen LogP contribution in [0.3, 0.4) is 0 Å². The molecule has 4 aromatic rings. The standard InChI is InChI=1S/C30H30IN3O7/c1-5-38-27-15-21(14-25(31)29(27)40-18-28(35)37-4)16-32-33-30(36)26-13-12-24(41-26)17-39-23-10-8-22(9-11-23)34-19(2)6-7-20(34)3/h6-16H,5,17-18H2,1-4H3,(H,33,36)/b32-16+. The Balaban J connectivity index is 1.32. The Bertz CT molecular complexity index is 1520. The molecule has 0 atom stereocenters. The molecule has 1 amide bonds. The second kappa shape index (κ2) is 13.9. The number of halogens is 1. The molecule has 11 heteroatoms. The van der Waals surface area contributed by atoms with Gasteiger partial charge < -0.3 is 27.9 Å². The Kier molecular flexibility index (Phi) is 10.1. The van der Waals surface area contributed by atoms with Gasteiger partial charge in [-0.25, -0.2) is 10.2 Å². The van der Waals surface area contributed by atoms with Crippen LogP contribution in [-0.2, 0) is 16.1 Å². The molecule has 4 rings (SSSR count).